The molecule has 24 heavy (non-hydrogen) atoms. The van der Waals surface area contributed by atoms with Crippen LogP contribution in [-0.4, -0.2) is 35.7 Å². The van der Waals surface area contributed by atoms with Crippen LogP contribution >= 0.6 is 0 Å². The van der Waals surface area contributed by atoms with E-state index in [1.807, 2.05) is 0 Å². The van der Waals surface area contributed by atoms with Crippen molar-refractivity contribution in [3.8, 4) is 5.75 Å². The highest BCUT2D eigenvalue weighted by molar-refractivity contribution is 5.95. The van der Waals surface area contributed by atoms with Crippen molar-refractivity contribution >= 4 is 11.8 Å². The zero-order chi connectivity index (χ0) is 17.5. The van der Waals surface area contributed by atoms with Gasteiger partial charge in [0.15, 0.2) is 0 Å². The van der Waals surface area contributed by atoms with Crippen LogP contribution in [0.2, 0.25) is 0 Å². The number of hydrogen-bond donors (Lipinski definition) is 1. The summed E-state index contributed by atoms with van der Waals surface area (Å²) in [5.41, 5.74) is 5.23. The highest BCUT2D eigenvalue weighted by Gasteiger charge is 2.55. The standard InChI is InChI=1S/C16H17F3N2O3/c17-16(18,19)24-11-5-3-10(4-6-11)15(7-8-15)14(23)21-9-1-2-12(21)13(20)22/h3-6,12H,1-2,7-9H2,(H2,20,22). The van der Waals surface area contributed by atoms with Crippen LogP contribution in [0.4, 0.5) is 13.2 Å². The number of primary amides is 1. The van der Waals surface area contributed by atoms with Crippen LogP contribution in [0.15, 0.2) is 24.3 Å². The van der Waals surface area contributed by atoms with Gasteiger partial charge in [-0.25, -0.2) is 0 Å². The second-order valence-corrected chi connectivity index (χ2v) is 6.21. The molecule has 1 aromatic rings. The summed E-state index contributed by atoms with van der Waals surface area (Å²) < 4.78 is 40.5. The summed E-state index contributed by atoms with van der Waals surface area (Å²) in [5.74, 6) is -1.02. The molecule has 5 nitrogen and oxygen atoms in total. The number of carbonyl (C=O) groups excluding carboxylic acids is 2. The fourth-order valence-electron chi connectivity index (χ4n) is 3.31. The lowest BCUT2D eigenvalue weighted by Crippen LogP contribution is -2.47. The molecule has 1 saturated carbocycles. The number of hydrogen-bond acceptors (Lipinski definition) is 3. The Morgan fingerprint density at radius 2 is 1.83 bits per heavy atom. The van der Waals surface area contributed by atoms with Crippen LogP contribution in [0, 0.1) is 0 Å². The topological polar surface area (TPSA) is 72.6 Å². The molecule has 1 aliphatic heterocycles. The zero-order valence-electron chi connectivity index (χ0n) is 12.8. The number of nitrogens with two attached hydrogens (primary N) is 1. The van der Waals surface area contributed by atoms with Crippen molar-refractivity contribution in [1.82, 2.24) is 4.90 Å². The Balaban J connectivity index is 1.78. The van der Waals surface area contributed by atoms with Crippen LogP contribution in [-0.2, 0) is 15.0 Å². The van der Waals surface area contributed by atoms with Crippen LogP contribution < -0.4 is 10.5 Å². The maximum Gasteiger partial charge on any atom is 0.573 e. The molecule has 1 aromatic carbocycles. The van der Waals surface area contributed by atoms with Crippen LogP contribution in [0.1, 0.15) is 31.2 Å². The second-order valence-electron chi connectivity index (χ2n) is 6.21. The first-order valence-electron chi connectivity index (χ1n) is 7.70. The number of alkyl halides is 3. The summed E-state index contributed by atoms with van der Waals surface area (Å²) in [7, 11) is 0. The number of rotatable bonds is 4. The largest absolute Gasteiger partial charge is 0.573 e. The van der Waals surface area contributed by atoms with Crippen molar-refractivity contribution in [3.05, 3.63) is 29.8 Å². The summed E-state index contributed by atoms with van der Waals surface area (Å²) in [6, 6.07) is 4.75. The molecule has 1 aliphatic carbocycles. The molecule has 130 valence electrons. The van der Waals surface area contributed by atoms with Gasteiger partial charge >= 0.3 is 6.36 Å². The van der Waals surface area contributed by atoms with Gasteiger partial charge in [-0.15, -0.1) is 13.2 Å². The Bertz CT molecular complexity index is 654. The third-order valence-corrected chi connectivity index (χ3v) is 4.64. The molecule has 0 aromatic heterocycles. The quantitative estimate of drug-likeness (QED) is 0.911. The summed E-state index contributed by atoms with van der Waals surface area (Å²) in [4.78, 5) is 25.9. The molecule has 2 aliphatic rings. The number of nitrogens with zero attached hydrogens (tertiary/aromatic N) is 1. The first-order chi connectivity index (χ1) is 11.2. The van der Waals surface area contributed by atoms with E-state index in [1.54, 1.807) is 0 Å². The highest BCUT2D eigenvalue weighted by atomic mass is 19.4. The van der Waals surface area contributed by atoms with Crippen molar-refractivity contribution < 1.29 is 27.5 Å². The molecule has 0 spiro atoms. The normalized spacial score (nSPS) is 22.3. The third-order valence-electron chi connectivity index (χ3n) is 4.64. The van der Waals surface area contributed by atoms with Gasteiger partial charge in [0.2, 0.25) is 11.8 Å². The minimum Gasteiger partial charge on any atom is -0.406 e. The molecule has 1 atom stereocenters. The molecule has 2 N–H and O–H groups in total. The van der Waals surface area contributed by atoms with Crippen LogP contribution in [0.25, 0.3) is 0 Å². The SMILES string of the molecule is NC(=O)C1CCCN1C(=O)C1(c2ccc(OC(F)(F)F)cc2)CC1. The monoisotopic (exact) mass is 342 g/mol. The second kappa shape index (κ2) is 5.68. The van der Waals surface area contributed by atoms with Crippen molar-refractivity contribution in [1.29, 1.82) is 0 Å². The average Bonchev–Trinajstić information content (AvgIpc) is 3.15. The van der Waals surface area contributed by atoms with Gasteiger partial charge in [0.05, 0.1) is 5.41 Å². The van der Waals surface area contributed by atoms with E-state index >= 15 is 0 Å². The Labute approximate surface area is 136 Å². The maximum absolute atomic E-state index is 12.9. The van der Waals surface area contributed by atoms with Gasteiger partial charge in [0.1, 0.15) is 11.8 Å². The number of ether oxygens (including phenoxy) is 1. The van der Waals surface area contributed by atoms with E-state index in [4.69, 9.17) is 5.73 Å². The number of carbonyl (C=O) groups is 2. The molecule has 8 heteroatoms. The zero-order valence-corrected chi connectivity index (χ0v) is 12.8. The lowest BCUT2D eigenvalue weighted by atomic mass is 9.94. The van der Waals surface area contributed by atoms with Crippen LogP contribution in [0.5, 0.6) is 5.75 Å². The maximum atomic E-state index is 12.9. The Morgan fingerprint density at radius 1 is 1.21 bits per heavy atom. The minimum absolute atomic E-state index is 0.173. The molecular formula is C16H17F3N2O3. The van der Waals surface area contributed by atoms with Gasteiger partial charge in [-0.3, -0.25) is 9.59 Å². The van der Waals surface area contributed by atoms with Gasteiger partial charge in [-0.05, 0) is 43.4 Å². The van der Waals surface area contributed by atoms with Crippen molar-refractivity contribution in [3.63, 3.8) is 0 Å². The highest BCUT2D eigenvalue weighted by Crippen LogP contribution is 2.50. The minimum atomic E-state index is -4.75. The smallest absolute Gasteiger partial charge is 0.406 e. The predicted molar refractivity (Wildman–Crippen MR) is 78.0 cm³/mol. The average molecular weight is 342 g/mol. The molecule has 0 radical (unpaired) electrons. The van der Waals surface area contributed by atoms with Crippen molar-refractivity contribution in [2.75, 3.05) is 6.54 Å². The predicted octanol–water partition coefficient (Wildman–Crippen LogP) is 2.09. The Hall–Kier alpha value is -2.25. The van der Waals surface area contributed by atoms with E-state index in [0.29, 0.717) is 37.8 Å². The lowest BCUT2D eigenvalue weighted by molar-refractivity contribution is -0.274. The van der Waals surface area contributed by atoms with Gasteiger partial charge < -0.3 is 15.4 Å². The van der Waals surface area contributed by atoms with E-state index in [1.165, 1.54) is 29.2 Å². The molecule has 3 rings (SSSR count). The van der Waals surface area contributed by atoms with Gasteiger partial charge in [-0.1, -0.05) is 12.1 Å². The van der Waals surface area contributed by atoms with Crippen LogP contribution in [0.3, 0.4) is 0 Å². The van der Waals surface area contributed by atoms with Gasteiger partial charge in [-0.2, -0.15) is 0 Å². The number of amides is 2. The molecule has 0 bridgehead atoms. The van der Waals surface area contributed by atoms with E-state index < -0.39 is 23.7 Å². The molecule has 2 fully saturated rings. The summed E-state index contributed by atoms with van der Waals surface area (Å²) in [6.07, 6.45) is -2.28. The first-order valence-corrected chi connectivity index (χ1v) is 7.70. The van der Waals surface area contributed by atoms with Gasteiger partial charge in [0.25, 0.3) is 0 Å². The van der Waals surface area contributed by atoms with Crippen molar-refractivity contribution in [2.45, 2.75) is 43.5 Å². The number of benzene rings is 1. The number of likely N-dealkylation sites (tertiary alicyclic amines) is 1. The van der Waals surface area contributed by atoms with E-state index in [-0.39, 0.29) is 11.7 Å². The van der Waals surface area contributed by atoms with E-state index in [2.05, 4.69) is 4.74 Å². The lowest BCUT2D eigenvalue weighted by Gasteiger charge is -2.27. The van der Waals surface area contributed by atoms with Crippen molar-refractivity contribution in [2.24, 2.45) is 5.73 Å². The summed E-state index contributed by atoms with van der Waals surface area (Å²) in [6.45, 7) is 0.476. The molecule has 1 saturated heterocycles. The fourth-order valence-corrected chi connectivity index (χ4v) is 3.31. The molecule has 1 unspecified atom stereocenters. The molecule has 2 amide bonds. The van der Waals surface area contributed by atoms with E-state index in [0.717, 1.165) is 0 Å². The van der Waals surface area contributed by atoms with Gasteiger partial charge in [0, 0.05) is 6.54 Å². The Morgan fingerprint density at radius 3 is 2.33 bits per heavy atom. The third kappa shape index (κ3) is 3.05. The fraction of sp³-hybridized carbons (Fsp3) is 0.500. The summed E-state index contributed by atoms with van der Waals surface area (Å²) >= 11 is 0. The molecular weight excluding hydrogens is 325 g/mol. The molecule has 1 heterocycles. The van der Waals surface area contributed by atoms with E-state index in [9.17, 15) is 22.8 Å². The first kappa shape index (κ1) is 16.6. The Kier molecular flexibility index (Phi) is 3.93. The number of halogens is 3. The summed E-state index contributed by atoms with van der Waals surface area (Å²) in [5, 5.41) is 0.